The van der Waals surface area contributed by atoms with Crippen LogP contribution in [-0.2, 0) is 21.3 Å². The van der Waals surface area contributed by atoms with Crippen molar-refractivity contribution >= 4 is 21.7 Å². The molecule has 7 heteroatoms. The monoisotopic (exact) mass is 388 g/mol. The number of anilines is 1. The van der Waals surface area contributed by atoms with E-state index in [4.69, 9.17) is 0 Å². The van der Waals surface area contributed by atoms with E-state index in [0.717, 1.165) is 18.7 Å². The Morgan fingerprint density at radius 2 is 1.78 bits per heavy atom. The second-order valence-corrected chi connectivity index (χ2v) is 8.33. The number of nitrogens with zero attached hydrogens (tertiary/aromatic N) is 1. The van der Waals surface area contributed by atoms with Crippen LogP contribution in [0.25, 0.3) is 0 Å². The zero-order valence-electron chi connectivity index (χ0n) is 15.3. The second-order valence-electron chi connectivity index (χ2n) is 6.56. The lowest BCUT2D eigenvalue weighted by molar-refractivity contribution is 0.0600. The lowest BCUT2D eigenvalue weighted by atomic mass is 10.1. The van der Waals surface area contributed by atoms with Crippen LogP contribution in [0.1, 0.15) is 35.2 Å². The quantitative estimate of drug-likeness (QED) is 0.770. The summed E-state index contributed by atoms with van der Waals surface area (Å²) >= 11 is 0. The molecule has 2 aromatic rings. The molecule has 6 nitrogen and oxygen atoms in total. The number of carbonyl (C=O) groups is 1. The van der Waals surface area contributed by atoms with Crippen molar-refractivity contribution in [2.24, 2.45) is 0 Å². The van der Waals surface area contributed by atoms with Crippen LogP contribution in [0.4, 0.5) is 5.69 Å². The lowest BCUT2D eigenvalue weighted by Gasteiger charge is -2.28. The lowest BCUT2D eigenvalue weighted by Crippen LogP contribution is -2.29. The van der Waals surface area contributed by atoms with E-state index in [-0.39, 0.29) is 17.0 Å². The molecule has 1 saturated heterocycles. The van der Waals surface area contributed by atoms with Crippen molar-refractivity contribution in [3.05, 3.63) is 59.7 Å². The van der Waals surface area contributed by atoms with Gasteiger partial charge in [-0.2, -0.15) is 0 Å². The zero-order valence-corrected chi connectivity index (χ0v) is 16.2. The molecule has 1 aliphatic heterocycles. The van der Waals surface area contributed by atoms with Gasteiger partial charge in [-0.3, -0.25) is 0 Å². The Labute approximate surface area is 160 Å². The number of ether oxygens (including phenoxy) is 1. The summed E-state index contributed by atoms with van der Waals surface area (Å²) in [7, 11) is -2.46. The van der Waals surface area contributed by atoms with E-state index in [1.165, 1.54) is 56.3 Å². The van der Waals surface area contributed by atoms with Gasteiger partial charge in [0.1, 0.15) is 0 Å². The van der Waals surface area contributed by atoms with Gasteiger partial charge < -0.3 is 9.64 Å². The molecular formula is C20H24N2O4S. The fourth-order valence-corrected chi connectivity index (χ4v) is 4.21. The number of methoxy groups -OCH3 is 1. The Kier molecular flexibility index (Phi) is 6.13. The number of piperidine rings is 1. The fourth-order valence-electron chi connectivity index (χ4n) is 3.15. The van der Waals surface area contributed by atoms with Crippen LogP contribution >= 0.6 is 0 Å². The third-order valence-corrected chi connectivity index (χ3v) is 6.09. The highest BCUT2D eigenvalue weighted by molar-refractivity contribution is 7.89. The molecule has 1 aliphatic rings. The second kappa shape index (κ2) is 8.54. The van der Waals surface area contributed by atoms with Gasteiger partial charge in [0.25, 0.3) is 0 Å². The molecule has 27 heavy (non-hydrogen) atoms. The normalized spacial score (nSPS) is 14.8. The molecule has 1 fully saturated rings. The highest BCUT2D eigenvalue weighted by Gasteiger charge is 2.17. The summed E-state index contributed by atoms with van der Waals surface area (Å²) in [6.45, 7) is 2.33. The third-order valence-electron chi connectivity index (χ3n) is 4.69. The number of esters is 1. The van der Waals surface area contributed by atoms with Crippen LogP contribution in [0.2, 0.25) is 0 Å². The van der Waals surface area contributed by atoms with Crippen LogP contribution in [-0.4, -0.2) is 34.6 Å². The Hall–Kier alpha value is -2.38. The number of sulfonamides is 1. The van der Waals surface area contributed by atoms with Crippen LogP contribution < -0.4 is 9.62 Å². The van der Waals surface area contributed by atoms with Gasteiger partial charge in [0.05, 0.1) is 17.6 Å². The van der Waals surface area contributed by atoms with Gasteiger partial charge in [-0.25, -0.2) is 17.9 Å². The molecular weight excluding hydrogens is 364 g/mol. The molecule has 0 unspecified atom stereocenters. The first kappa shape index (κ1) is 19.4. The molecule has 0 aliphatic carbocycles. The topological polar surface area (TPSA) is 75.7 Å². The number of hydrogen-bond acceptors (Lipinski definition) is 5. The molecule has 0 bridgehead atoms. The molecule has 3 rings (SSSR count). The molecule has 2 aromatic carbocycles. The molecule has 0 atom stereocenters. The molecule has 0 aromatic heterocycles. The maximum Gasteiger partial charge on any atom is 0.337 e. The average molecular weight is 388 g/mol. The summed E-state index contributed by atoms with van der Waals surface area (Å²) in [4.78, 5) is 14.0. The largest absolute Gasteiger partial charge is 0.465 e. The van der Waals surface area contributed by atoms with E-state index < -0.39 is 16.0 Å². The zero-order chi connectivity index (χ0) is 19.3. The molecule has 0 saturated carbocycles. The van der Waals surface area contributed by atoms with Crippen LogP contribution in [0.3, 0.4) is 0 Å². The van der Waals surface area contributed by atoms with E-state index in [2.05, 4.69) is 14.4 Å². The van der Waals surface area contributed by atoms with Crippen molar-refractivity contribution in [3.8, 4) is 0 Å². The van der Waals surface area contributed by atoms with Gasteiger partial charge in [0, 0.05) is 25.3 Å². The summed E-state index contributed by atoms with van der Waals surface area (Å²) in [5.41, 5.74) is 2.25. The fraction of sp³-hybridized carbons (Fsp3) is 0.350. The molecule has 1 N–H and O–H groups in total. The first-order valence-electron chi connectivity index (χ1n) is 9.01. The molecule has 0 amide bonds. The Morgan fingerprint density at radius 1 is 1.07 bits per heavy atom. The summed E-state index contributed by atoms with van der Waals surface area (Å²) in [5, 5.41) is 0. The maximum atomic E-state index is 12.5. The number of benzene rings is 2. The first-order valence-corrected chi connectivity index (χ1v) is 10.5. The molecule has 0 spiro atoms. The van der Waals surface area contributed by atoms with Gasteiger partial charge in [-0.15, -0.1) is 0 Å². The summed E-state index contributed by atoms with van der Waals surface area (Å²) in [5.74, 6) is -0.569. The van der Waals surface area contributed by atoms with Crippen molar-refractivity contribution < 1.29 is 17.9 Å². The van der Waals surface area contributed by atoms with E-state index in [9.17, 15) is 13.2 Å². The predicted octanol–water partition coefficient (Wildman–Crippen LogP) is 2.94. The molecule has 1 heterocycles. The minimum Gasteiger partial charge on any atom is -0.465 e. The van der Waals surface area contributed by atoms with Crippen LogP contribution in [0, 0.1) is 0 Å². The first-order chi connectivity index (χ1) is 13.0. The van der Waals surface area contributed by atoms with Gasteiger partial charge >= 0.3 is 5.97 Å². The minimum absolute atomic E-state index is 0.0373. The summed E-state index contributed by atoms with van der Waals surface area (Å²) in [6, 6.07) is 13.8. The van der Waals surface area contributed by atoms with E-state index in [0.29, 0.717) is 0 Å². The Balaban J connectivity index is 1.65. The number of rotatable bonds is 6. The van der Waals surface area contributed by atoms with Crippen LogP contribution in [0.15, 0.2) is 53.4 Å². The van der Waals surface area contributed by atoms with Crippen LogP contribution in [0.5, 0.6) is 0 Å². The summed E-state index contributed by atoms with van der Waals surface area (Å²) < 4.78 is 32.2. The smallest absolute Gasteiger partial charge is 0.337 e. The van der Waals surface area contributed by atoms with Crippen molar-refractivity contribution in [2.45, 2.75) is 30.7 Å². The van der Waals surface area contributed by atoms with Gasteiger partial charge in [-0.1, -0.05) is 18.2 Å². The average Bonchev–Trinajstić information content (AvgIpc) is 2.73. The van der Waals surface area contributed by atoms with E-state index >= 15 is 0 Å². The van der Waals surface area contributed by atoms with E-state index in [1.807, 2.05) is 24.3 Å². The van der Waals surface area contributed by atoms with Gasteiger partial charge in [0.15, 0.2) is 0 Å². The SMILES string of the molecule is COC(=O)c1cccc(S(=O)(=O)NCc2ccc(N3CCCCC3)cc2)c1. The number of hydrogen-bond donors (Lipinski definition) is 1. The van der Waals surface area contributed by atoms with E-state index in [1.54, 1.807) is 0 Å². The maximum absolute atomic E-state index is 12.5. The van der Waals surface area contributed by atoms with Crippen molar-refractivity contribution in [3.63, 3.8) is 0 Å². The highest BCUT2D eigenvalue weighted by atomic mass is 32.2. The minimum atomic E-state index is -3.72. The third kappa shape index (κ3) is 4.87. The Morgan fingerprint density at radius 3 is 2.44 bits per heavy atom. The standard InChI is InChI=1S/C20H24N2O4S/c1-26-20(23)17-6-5-7-19(14-17)27(24,25)21-15-16-8-10-18(11-9-16)22-12-3-2-4-13-22/h5-11,14,21H,2-4,12-13,15H2,1H3. The van der Waals surface area contributed by atoms with Gasteiger partial charge in [0.2, 0.25) is 10.0 Å². The predicted molar refractivity (Wildman–Crippen MR) is 104 cm³/mol. The number of carbonyl (C=O) groups excluding carboxylic acids is 1. The van der Waals surface area contributed by atoms with Crippen molar-refractivity contribution in [1.29, 1.82) is 0 Å². The van der Waals surface area contributed by atoms with Crippen molar-refractivity contribution in [2.75, 3.05) is 25.1 Å². The molecule has 0 radical (unpaired) electrons. The number of nitrogens with one attached hydrogen (secondary N) is 1. The Bertz CT molecular complexity index is 888. The molecule has 144 valence electrons. The van der Waals surface area contributed by atoms with Gasteiger partial charge in [-0.05, 0) is 55.2 Å². The summed E-state index contributed by atoms with van der Waals surface area (Å²) in [6.07, 6.45) is 3.71. The van der Waals surface area contributed by atoms with Crippen molar-refractivity contribution in [1.82, 2.24) is 4.72 Å². The highest BCUT2D eigenvalue weighted by Crippen LogP contribution is 2.20.